The normalized spacial score (nSPS) is 13.4. The Bertz CT molecular complexity index is 625. The lowest BCUT2D eigenvalue weighted by molar-refractivity contribution is -0.123. The molecule has 25 heavy (non-hydrogen) atoms. The number of carbonyl (C=O) groups is 1. The van der Waals surface area contributed by atoms with Crippen LogP contribution in [0, 0.1) is 0 Å². The van der Waals surface area contributed by atoms with E-state index in [1.165, 1.54) is 5.56 Å². The van der Waals surface area contributed by atoms with E-state index < -0.39 is 0 Å². The van der Waals surface area contributed by atoms with Crippen molar-refractivity contribution in [3.63, 3.8) is 0 Å². The summed E-state index contributed by atoms with van der Waals surface area (Å²) in [5.41, 5.74) is 2.40. The number of nitrogens with zero attached hydrogens (tertiary/aromatic N) is 1. The molecule has 2 aromatic rings. The van der Waals surface area contributed by atoms with Crippen LogP contribution >= 0.6 is 0 Å². The Labute approximate surface area is 152 Å². The fraction of sp³-hybridized carbons (Fsp3) is 0.409. The molecular weight excluding hydrogens is 308 g/mol. The maximum atomic E-state index is 12.8. The van der Waals surface area contributed by atoms with E-state index in [-0.39, 0.29) is 17.9 Å². The Hall–Kier alpha value is -2.13. The highest BCUT2D eigenvalue weighted by atomic mass is 16.1. The highest BCUT2D eigenvalue weighted by molar-refractivity contribution is 5.83. The van der Waals surface area contributed by atoms with Crippen molar-refractivity contribution in [2.75, 3.05) is 20.6 Å². The lowest BCUT2D eigenvalue weighted by atomic mass is 9.93. The van der Waals surface area contributed by atoms with Crippen LogP contribution in [0.15, 0.2) is 60.7 Å². The highest BCUT2D eigenvalue weighted by Crippen LogP contribution is 2.21. The van der Waals surface area contributed by atoms with E-state index in [0.717, 1.165) is 24.8 Å². The number of likely N-dealkylation sites (N-methyl/N-ethyl adjacent to an activating group) is 1. The lowest BCUT2D eigenvalue weighted by Crippen LogP contribution is -2.43. The first kappa shape index (κ1) is 19.2. The van der Waals surface area contributed by atoms with Crippen LogP contribution in [0.5, 0.6) is 0 Å². The quantitative estimate of drug-likeness (QED) is 0.753. The summed E-state index contributed by atoms with van der Waals surface area (Å²) in [5, 5.41) is 3.19. The van der Waals surface area contributed by atoms with Gasteiger partial charge in [0.25, 0.3) is 0 Å². The average Bonchev–Trinajstić information content (AvgIpc) is 2.64. The van der Waals surface area contributed by atoms with Gasteiger partial charge in [-0.15, -0.1) is 0 Å². The van der Waals surface area contributed by atoms with E-state index in [1.807, 2.05) is 36.4 Å². The van der Waals surface area contributed by atoms with Gasteiger partial charge in [-0.1, -0.05) is 74.0 Å². The van der Waals surface area contributed by atoms with Gasteiger partial charge in [0, 0.05) is 12.6 Å². The molecule has 0 saturated heterocycles. The molecule has 3 nitrogen and oxygen atoms in total. The molecule has 1 amide bonds. The van der Waals surface area contributed by atoms with Crippen molar-refractivity contribution in [1.29, 1.82) is 0 Å². The maximum absolute atomic E-state index is 12.8. The third kappa shape index (κ3) is 6.02. The van der Waals surface area contributed by atoms with E-state index >= 15 is 0 Å². The molecular formula is C22H30N2O. The first-order valence-corrected chi connectivity index (χ1v) is 9.14. The average molecular weight is 338 g/mol. The predicted molar refractivity (Wildman–Crippen MR) is 105 cm³/mol. The Morgan fingerprint density at radius 3 is 2.16 bits per heavy atom. The Morgan fingerprint density at radius 2 is 1.60 bits per heavy atom. The second-order valence-electron chi connectivity index (χ2n) is 6.80. The van der Waals surface area contributed by atoms with Crippen molar-refractivity contribution in [3.8, 4) is 0 Å². The standard InChI is InChI=1S/C22H30N2O/c1-4-11-21(19-14-9-6-10-15-19)22(25)23-17-20(24(2)3)16-18-12-7-5-8-13-18/h5-10,12-15,20-21H,4,11,16-17H2,1-3H3,(H,23,25). The summed E-state index contributed by atoms with van der Waals surface area (Å²) in [6, 6.07) is 20.8. The van der Waals surface area contributed by atoms with Gasteiger partial charge in [-0.05, 0) is 38.1 Å². The van der Waals surface area contributed by atoms with Gasteiger partial charge in [0.15, 0.2) is 0 Å². The minimum Gasteiger partial charge on any atom is -0.354 e. The van der Waals surface area contributed by atoms with E-state index in [1.54, 1.807) is 0 Å². The summed E-state index contributed by atoms with van der Waals surface area (Å²) in [7, 11) is 4.14. The van der Waals surface area contributed by atoms with Crippen LogP contribution in [-0.4, -0.2) is 37.5 Å². The molecule has 0 fully saturated rings. The van der Waals surface area contributed by atoms with E-state index in [9.17, 15) is 4.79 Å². The molecule has 0 saturated carbocycles. The zero-order valence-electron chi connectivity index (χ0n) is 15.6. The Balaban J connectivity index is 1.99. The van der Waals surface area contributed by atoms with Crippen molar-refractivity contribution >= 4 is 5.91 Å². The fourth-order valence-corrected chi connectivity index (χ4v) is 3.09. The lowest BCUT2D eigenvalue weighted by Gasteiger charge is -2.26. The molecule has 0 spiro atoms. The number of hydrogen-bond acceptors (Lipinski definition) is 2. The third-order valence-electron chi connectivity index (χ3n) is 4.65. The monoisotopic (exact) mass is 338 g/mol. The second-order valence-corrected chi connectivity index (χ2v) is 6.80. The molecule has 0 aliphatic carbocycles. The summed E-state index contributed by atoms with van der Waals surface area (Å²) in [4.78, 5) is 15.0. The van der Waals surface area contributed by atoms with Crippen molar-refractivity contribution in [3.05, 3.63) is 71.8 Å². The molecule has 0 radical (unpaired) electrons. The number of hydrogen-bond donors (Lipinski definition) is 1. The summed E-state index contributed by atoms with van der Waals surface area (Å²) in [6.07, 6.45) is 2.80. The fourth-order valence-electron chi connectivity index (χ4n) is 3.09. The Kier molecular flexibility index (Phi) is 7.68. The minimum absolute atomic E-state index is 0.0641. The third-order valence-corrected chi connectivity index (χ3v) is 4.65. The number of nitrogens with one attached hydrogen (secondary N) is 1. The smallest absolute Gasteiger partial charge is 0.227 e. The highest BCUT2D eigenvalue weighted by Gasteiger charge is 2.21. The van der Waals surface area contributed by atoms with Gasteiger partial charge in [0.2, 0.25) is 5.91 Å². The molecule has 0 aliphatic rings. The second kappa shape index (κ2) is 10.00. The molecule has 1 N–H and O–H groups in total. The SMILES string of the molecule is CCCC(C(=O)NCC(Cc1ccccc1)N(C)C)c1ccccc1. The molecule has 0 bridgehead atoms. The molecule has 2 aromatic carbocycles. The zero-order chi connectivity index (χ0) is 18.1. The number of carbonyl (C=O) groups excluding carboxylic acids is 1. The van der Waals surface area contributed by atoms with Crippen LogP contribution in [0.3, 0.4) is 0 Å². The summed E-state index contributed by atoms with van der Waals surface area (Å²) in [6.45, 7) is 2.79. The van der Waals surface area contributed by atoms with Gasteiger partial charge in [0.05, 0.1) is 5.92 Å². The first-order chi connectivity index (χ1) is 12.1. The summed E-state index contributed by atoms with van der Waals surface area (Å²) >= 11 is 0. The van der Waals surface area contributed by atoms with E-state index in [0.29, 0.717) is 6.54 Å². The molecule has 0 aliphatic heterocycles. The van der Waals surface area contributed by atoms with Crippen molar-refractivity contribution in [1.82, 2.24) is 10.2 Å². The molecule has 0 aromatic heterocycles. The van der Waals surface area contributed by atoms with Crippen LogP contribution in [0.2, 0.25) is 0 Å². The van der Waals surface area contributed by atoms with Gasteiger partial charge < -0.3 is 10.2 Å². The van der Waals surface area contributed by atoms with Crippen molar-refractivity contribution < 1.29 is 4.79 Å². The zero-order valence-corrected chi connectivity index (χ0v) is 15.6. The van der Waals surface area contributed by atoms with Gasteiger partial charge in [-0.25, -0.2) is 0 Å². The number of benzene rings is 2. The van der Waals surface area contributed by atoms with Gasteiger partial charge in [-0.3, -0.25) is 4.79 Å². The van der Waals surface area contributed by atoms with Gasteiger partial charge >= 0.3 is 0 Å². The van der Waals surface area contributed by atoms with E-state index in [4.69, 9.17) is 0 Å². The van der Waals surface area contributed by atoms with Crippen molar-refractivity contribution in [2.45, 2.75) is 38.1 Å². The largest absolute Gasteiger partial charge is 0.354 e. The maximum Gasteiger partial charge on any atom is 0.227 e. The number of amides is 1. The van der Waals surface area contributed by atoms with Crippen molar-refractivity contribution in [2.24, 2.45) is 0 Å². The molecule has 2 unspecified atom stereocenters. The van der Waals surface area contributed by atoms with Crippen LogP contribution in [-0.2, 0) is 11.2 Å². The van der Waals surface area contributed by atoms with E-state index in [2.05, 4.69) is 55.5 Å². The van der Waals surface area contributed by atoms with Gasteiger partial charge in [0.1, 0.15) is 0 Å². The van der Waals surface area contributed by atoms with Crippen LogP contribution in [0.1, 0.15) is 36.8 Å². The molecule has 0 heterocycles. The molecule has 134 valence electrons. The van der Waals surface area contributed by atoms with Crippen LogP contribution in [0.4, 0.5) is 0 Å². The number of rotatable bonds is 9. The molecule has 2 rings (SSSR count). The predicted octanol–water partition coefficient (Wildman–Crippen LogP) is 3.86. The summed E-state index contributed by atoms with van der Waals surface area (Å²) in [5.74, 6) is 0.0682. The molecule has 3 heteroatoms. The first-order valence-electron chi connectivity index (χ1n) is 9.14. The Morgan fingerprint density at radius 1 is 1.00 bits per heavy atom. The van der Waals surface area contributed by atoms with Gasteiger partial charge in [-0.2, -0.15) is 0 Å². The summed E-state index contributed by atoms with van der Waals surface area (Å²) < 4.78 is 0. The van der Waals surface area contributed by atoms with Crippen LogP contribution < -0.4 is 5.32 Å². The van der Waals surface area contributed by atoms with Crippen LogP contribution in [0.25, 0.3) is 0 Å². The molecule has 2 atom stereocenters. The topological polar surface area (TPSA) is 32.3 Å². The minimum atomic E-state index is -0.0641.